The van der Waals surface area contributed by atoms with E-state index in [1.54, 1.807) is 19.1 Å². The lowest BCUT2D eigenvalue weighted by molar-refractivity contribution is -0.133. The summed E-state index contributed by atoms with van der Waals surface area (Å²) in [7, 11) is 0. The van der Waals surface area contributed by atoms with Gasteiger partial charge in [-0.1, -0.05) is 6.92 Å². The molecule has 0 unspecified atom stereocenters. The maximum atomic E-state index is 13.9. The number of benzene rings is 1. The summed E-state index contributed by atoms with van der Waals surface area (Å²) in [5.41, 5.74) is 0.277. The maximum absolute atomic E-state index is 13.9. The van der Waals surface area contributed by atoms with Crippen molar-refractivity contribution < 1.29 is 14.0 Å². The molecular formula is C14H15FINO2. The van der Waals surface area contributed by atoms with Gasteiger partial charge in [0.2, 0.25) is 5.91 Å². The predicted octanol–water partition coefficient (Wildman–Crippen LogP) is 3.15. The molecule has 0 radical (unpaired) electrons. The number of anilines is 1. The minimum Gasteiger partial charge on any atom is -0.309 e. The lowest BCUT2D eigenvalue weighted by Crippen LogP contribution is -2.44. The minimum absolute atomic E-state index is 0.0550. The molecule has 0 aliphatic carbocycles. The molecule has 1 aromatic rings. The quantitative estimate of drug-likeness (QED) is 0.601. The van der Waals surface area contributed by atoms with Crippen LogP contribution in [-0.4, -0.2) is 18.2 Å². The summed E-state index contributed by atoms with van der Waals surface area (Å²) in [5, 5.41) is 0. The van der Waals surface area contributed by atoms with Gasteiger partial charge in [0.15, 0.2) is 0 Å². The molecule has 102 valence electrons. The molecule has 0 saturated carbocycles. The van der Waals surface area contributed by atoms with Crippen molar-refractivity contribution in [2.75, 3.05) is 11.4 Å². The zero-order chi connectivity index (χ0) is 14.0. The van der Waals surface area contributed by atoms with Gasteiger partial charge in [-0.05, 0) is 53.6 Å². The van der Waals surface area contributed by atoms with Crippen molar-refractivity contribution in [2.24, 2.45) is 5.92 Å². The molecule has 3 nitrogen and oxygen atoms in total. The number of amides is 1. The largest absolute Gasteiger partial charge is 0.309 e. The van der Waals surface area contributed by atoms with Crippen LogP contribution >= 0.6 is 22.6 Å². The molecule has 2 rings (SSSR count). The Morgan fingerprint density at radius 2 is 2.26 bits per heavy atom. The van der Waals surface area contributed by atoms with Crippen LogP contribution in [0.3, 0.4) is 0 Å². The molecule has 5 heteroatoms. The normalized spacial score (nSPS) is 19.6. The fourth-order valence-electron chi connectivity index (χ4n) is 2.36. The summed E-state index contributed by atoms with van der Waals surface area (Å²) in [6, 6.07) is 4.76. The first-order chi connectivity index (χ1) is 9.04. The van der Waals surface area contributed by atoms with E-state index in [9.17, 15) is 14.0 Å². The number of hydrogen-bond donors (Lipinski definition) is 0. The molecule has 0 aromatic heterocycles. The number of rotatable bonds is 3. The van der Waals surface area contributed by atoms with E-state index in [1.807, 2.05) is 22.6 Å². The summed E-state index contributed by atoms with van der Waals surface area (Å²) < 4.78 is 14.7. The molecule has 19 heavy (non-hydrogen) atoms. The van der Waals surface area contributed by atoms with Crippen molar-refractivity contribution in [3.8, 4) is 0 Å². The van der Waals surface area contributed by atoms with E-state index < -0.39 is 11.7 Å². The first-order valence-corrected chi connectivity index (χ1v) is 7.41. The van der Waals surface area contributed by atoms with Gasteiger partial charge in [0, 0.05) is 16.5 Å². The van der Waals surface area contributed by atoms with Crippen molar-refractivity contribution in [3.63, 3.8) is 0 Å². The first-order valence-electron chi connectivity index (χ1n) is 6.33. The third-order valence-electron chi connectivity index (χ3n) is 3.38. The van der Waals surface area contributed by atoms with Crippen LogP contribution in [0.15, 0.2) is 18.2 Å². The van der Waals surface area contributed by atoms with E-state index >= 15 is 0 Å². The second-order valence-electron chi connectivity index (χ2n) is 4.60. The van der Waals surface area contributed by atoms with Gasteiger partial charge in [0.1, 0.15) is 11.6 Å². The summed E-state index contributed by atoms with van der Waals surface area (Å²) in [6.07, 6.45) is 1.65. The van der Waals surface area contributed by atoms with Crippen LogP contribution in [0, 0.1) is 15.3 Å². The van der Waals surface area contributed by atoms with Gasteiger partial charge in [-0.25, -0.2) is 4.39 Å². The van der Waals surface area contributed by atoms with Crippen LogP contribution < -0.4 is 4.90 Å². The zero-order valence-electron chi connectivity index (χ0n) is 10.7. The Hall–Kier alpha value is -0.980. The molecule has 1 atom stereocenters. The van der Waals surface area contributed by atoms with Crippen LogP contribution in [0.2, 0.25) is 0 Å². The predicted molar refractivity (Wildman–Crippen MR) is 79.5 cm³/mol. The average Bonchev–Trinajstić information content (AvgIpc) is 2.39. The van der Waals surface area contributed by atoms with Crippen molar-refractivity contribution in [1.82, 2.24) is 0 Å². The van der Waals surface area contributed by atoms with Crippen molar-refractivity contribution in [2.45, 2.75) is 26.2 Å². The van der Waals surface area contributed by atoms with E-state index in [-0.39, 0.29) is 17.4 Å². The molecule has 1 aliphatic rings. The Morgan fingerprint density at radius 1 is 1.53 bits per heavy atom. The Labute approximate surface area is 125 Å². The molecule has 1 heterocycles. The lowest BCUT2D eigenvalue weighted by atomic mass is 9.91. The fraction of sp³-hybridized carbons (Fsp3) is 0.429. The number of ketones is 1. The van der Waals surface area contributed by atoms with Crippen LogP contribution in [0.5, 0.6) is 0 Å². The zero-order valence-corrected chi connectivity index (χ0v) is 12.8. The van der Waals surface area contributed by atoms with Crippen LogP contribution in [0.25, 0.3) is 0 Å². The smallest absolute Gasteiger partial charge is 0.237 e. The van der Waals surface area contributed by atoms with E-state index in [0.717, 1.165) is 9.99 Å². The summed E-state index contributed by atoms with van der Waals surface area (Å²) in [4.78, 5) is 25.5. The van der Waals surface area contributed by atoms with Gasteiger partial charge < -0.3 is 4.90 Å². The number of Topliss-reactive ketones (excluding diaryl/α,β-unsaturated/α-hetero) is 1. The molecule has 0 bridgehead atoms. The minimum atomic E-state index is -0.600. The molecule has 1 amide bonds. The SMILES string of the molecule is CCC(=O)[C@@H]1CCCN(c2ccc(I)cc2F)C1=O. The summed E-state index contributed by atoms with van der Waals surface area (Å²) in [6.45, 7) is 2.23. The average molecular weight is 375 g/mol. The van der Waals surface area contributed by atoms with E-state index in [4.69, 9.17) is 0 Å². The van der Waals surface area contributed by atoms with Crippen molar-refractivity contribution >= 4 is 40.0 Å². The van der Waals surface area contributed by atoms with Crippen LogP contribution in [-0.2, 0) is 9.59 Å². The Morgan fingerprint density at radius 3 is 2.89 bits per heavy atom. The van der Waals surface area contributed by atoms with Gasteiger partial charge in [-0.3, -0.25) is 9.59 Å². The van der Waals surface area contributed by atoms with Gasteiger partial charge in [0.05, 0.1) is 11.6 Å². The summed E-state index contributed by atoms with van der Waals surface area (Å²) >= 11 is 2.02. The van der Waals surface area contributed by atoms with Crippen molar-refractivity contribution in [3.05, 3.63) is 27.6 Å². The molecular weight excluding hydrogens is 360 g/mol. The number of carbonyl (C=O) groups excluding carboxylic acids is 2. The fourth-order valence-corrected chi connectivity index (χ4v) is 2.81. The second-order valence-corrected chi connectivity index (χ2v) is 5.85. The van der Waals surface area contributed by atoms with Crippen LogP contribution in [0.4, 0.5) is 10.1 Å². The van der Waals surface area contributed by atoms with Gasteiger partial charge >= 0.3 is 0 Å². The number of hydrogen-bond acceptors (Lipinski definition) is 2. The first kappa shape index (κ1) is 14.4. The van der Waals surface area contributed by atoms with Gasteiger partial charge in [0.25, 0.3) is 0 Å². The standard InChI is InChI=1S/C14H15FINO2/c1-2-13(18)10-4-3-7-17(14(10)19)12-6-5-9(16)8-11(12)15/h5-6,8,10H,2-4,7H2,1H3/t10-/m0/s1. The van der Waals surface area contributed by atoms with Gasteiger partial charge in [-0.15, -0.1) is 0 Å². The van der Waals surface area contributed by atoms with Crippen LogP contribution in [0.1, 0.15) is 26.2 Å². The van der Waals surface area contributed by atoms with E-state index in [1.165, 1.54) is 11.0 Å². The topological polar surface area (TPSA) is 37.4 Å². The number of carbonyl (C=O) groups is 2. The van der Waals surface area contributed by atoms with E-state index in [0.29, 0.717) is 19.4 Å². The summed E-state index contributed by atoms with van der Waals surface area (Å²) in [5.74, 6) is -1.33. The number of nitrogens with zero attached hydrogens (tertiary/aromatic N) is 1. The third-order valence-corrected chi connectivity index (χ3v) is 4.05. The maximum Gasteiger partial charge on any atom is 0.237 e. The Balaban J connectivity index is 2.29. The molecule has 1 saturated heterocycles. The highest BCUT2D eigenvalue weighted by Gasteiger charge is 2.34. The third kappa shape index (κ3) is 2.96. The Kier molecular flexibility index (Phi) is 4.54. The highest BCUT2D eigenvalue weighted by Crippen LogP contribution is 2.28. The lowest BCUT2D eigenvalue weighted by Gasteiger charge is -2.31. The molecule has 1 aromatic carbocycles. The molecule has 1 fully saturated rings. The van der Waals surface area contributed by atoms with Gasteiger partial charge in [-0.2, -0.15) is 0 Å². The molecule has 0 spiro atoms. The number of halogens is 2. The van der Waals surface area contributed by atoms with Crippen molar-refractivity contribution in [1.29, 1.82) is 0 Å². The Bertz CT molecular complexity index is 518. The number of piperidine rings is 1. The molecule has 1 aliphatic heterocycles. The highest BCUT2D eigenvalue weighted by atomic mass is 127. The second kappa shape index (κ2) is 5.98. The molecule has 0 N–H and O–H groups in total. The monoisotopic (exact) mass is 375 g/mol. The van der Waals surface area contributed by atoms with E-state index in [2.05, 4.69) is 0 Å². The highest BCUT2D eigenvalue weighted by molar-refractivity contribution is 14.1.